The number of amides is 1. The number of rotatable bonds is 9. The number of nitrogens with one attached hydrogen (secondary N) is 1. The van der Waals surface area contributed by atoms with E-state index in [9.17, 15) is 4.79 Å². The van der Waals surface area contributed by atoms with Gasteiger partial charge in [-0.2, -0.15) is 0 Å². The number of hydrogen-bond donors (Lipinski definition) is 1. The molecule has 0 saturated carbocycles. The normalized spacial score (nSPS) is 10.7. The highest BCUT2D eigenvalue weighted by Crippen LogP contribution is 2.32. The lowest BCUT2D eigenvalue weighted by Crippen LogP contribution is -2.12. The molecular weight excluding hydrogens is 420 g/mol. The minimum absolute atomic E-state index is 0.0824. The Bertz CT molecular complexity index is 996. The summed E-state index contributed by atoms with van der Waals surface area (Å²) in [5.74, 6) is 1.47. The van der Waals surface area contributed by atoms with Gasteiger partial charge in [-0.15, -0.1) is 11.3 Å². The van der Waals surface area contributed by atoms with Gasteiger partial charge in [-0.25, -0.2) is 4.98 Å². The van der Waals surface area contributed by atoms with E-state index >= 15 is 0 Å². The number of carbonyl (C=O) groups is 1. The van der Waals surface area contributed by atoms with E-state index < -0.39 is 0 Å². The van der Waals surface area contributed by atoms with Crippen LogP contribution in [0.2, 0.25) is 5.02 Å². The van der Waals surface area contributed by atoms with Crippen molar-refractivity contribution in [1.82, 2.24) is 4.98 Å². The van der Waals surface area contributed by atoms with Crippen LogP contribution in [0.1, 0.15) is 30.9 Å². The van der Waals surface area contributed by atoms with Crippen LogP contribution in [-0.4, -0.2) is 24.1 Å². The second kappa shape index (κ2) is 10.5. The zero-order valence-corrected chi connectivity index (χ0v) is 18.9. The lowest BCUT2D eigenvalue weighted by molar-refractivity contribution is -0.116. The number of ether oxygens (including phenoxy) is 2. The molecule has 2 aromatic carbocycles. The first-order valence-electron chi connectivity index (χ1n) is 9.85. The number of aryl methyl sites for hydroxylation is 2. The molecule has 5 nitrogen and oxygen atoms in total. The van der Waals surface area contributed by atoms with Gasteiger partial charge in [0.1, 0.15) is 11.5 Å². The van der Waals surface area contributed by atoms with E-state index in [1.807, 2.05) is 62.5 Å². The summed E-state index contributed by atoms with van der Waals surface area (Å²) in [5.41, 5.74) is 3.67. The lowest BCUT2D eigenvalue weighted by Gasteiger charge is -2.10. The Morgan fingerprint density at radius 1 is 1.17 bits per heavy atom. The maximum Gasteiger partial charge on any atom is 0.226 e. The summed E-state index contributed by atoms with van der Waals surface area (Å²) in [5, 5.41) is 6.11. The van der Waals surface area contributed by atoms with Gasteiger partial charge in [-0.05, 0) is 62.6 Å². The molecule has 1 amide bonds. The molecule has 0 aliphatic heterocycles. The zero-order valence-electron chi connectivity index (χ0n) is 17.3. The number of carbonyl (C=O) groups excluding carboxylic acids is 1. The largest absolute Gasteiger partial charge is 0.494 e. The van der Waals surface area contributed by atoms with E-state index in [4.69, 9.17) is 21.1 Å². The molecule has 3 rings (SSSR count). The molecule has 0 fully saturated rings. The van der Waals surface area contributed by atoms with Crippen molar-refractivity contribution in [3.05, 3.63) is 57.9 Å². The van der Waals surface area contributed by atoms with Crippen molar-refractivity contribution < 1.29 is 14.3 Å². The minimum Gasteiger partial charge on any atom is -0.494 e. The fourth-order valence-corrected chi connectivity index (χ4v) is 3.84. The van der Waals surface area contributed by atoms with Gasteiger partial charge in [0.25, 0.3) is 0 Å². The predicted molar refractivity (Wildman–Crippen MR) is 123 cm³/mol. The van der Waals surface area contributed by atoms with Crippen LogP contribution in [0.15, 0.2) is 41.8 Å². The highest BCUT2D eigenvalue weighted by Gasteiger charge is 2.12. The molecular formula is C23H25ClN2O3S. The average molecular weight is 445 g/mol. The minimum atomic E-state index is -0.0824. The molecule has 0 aliphatic carbocycles. The monoisotopic (exact) mass is 444 g/mol. The predicted octanol–water partition coefficient (Wildman–Crippen LogP) is 6.28. The molecule has 7 heteroatoms. The smallest absolute Gasteiger partial charge is 0.226 e. The van der Waals surface area contributed by atoms with Crippen molar-refractivity contribution in [2.45, 2.75) is 33.6 Å². The first-order valence-corrected chi connectivity index (χ1v) is 11.1. The highest BCUT2D eigenvalue weighted by atomic mass is 35.5. The van der Waals surface area contributed by atoms with Crippen molar-refractivity contribution in [1.29, 1.82) is 0 Å². The van der Waals surface area contributed by atoms with Crippen molar-refractivity contribution in [2.75, 3.05) is 18.5 Å². The first kappa shape index (κ1) is 22.1. The maximum absolute atomic E-state index is 12.2. The third-order valence-corrected chi connectivity index (χ3v) is 5.79. The Balaban J connectivity index is 1.49. The molecule has 0 saturated heterocycles. The van der Waals surface area contributed by atoms with Crippen LogP contribution < -0.4 is 14.8 Å². The van der Waals surface area contributed by atoms with E-state index in [-0.39, 0.29) is 5.91 Å². The van der Waals surface area contributed by atoms with Crippen LogP contribution in [0, 0.1) is 13.8 Å². The lowest BCUT2D eigenvalue weighted by atomic mass is 10.1. The number of para-hydroxylation sites is 1. The quantitative estimate of drug-likeness (QED) is 0.395. The average Bonchev–Trinajstić information content (AvgIpc) is 3.18. The Labute approximate surface area is 186 Å². The summed E-state index contributed by atoms with van der Waals surface area (Å²) in [6.45, 7) is 6.89. The van der Waals surface area contributed by atoms with Crippen LogP contribution >= 0.6 is 22.9 Å². The van der Waals surface area contributed by atoms with Crippen molar-refractivity contribution >= 4 is 34.0 Å². The van der Waals surface area contributed by atoms with E-state index in [0.29, 0.717) is 31.2 Å². The number of halogens is 1. The van der Waals surface area contributed by atoms with E-state index in [1.54, 1.807) is 0 Å². The van der Waals surface area contributed by atoms with Crippen LogP contribution in [-0.2, 0) is 4.79 Å². The summed E-state index contributed by atoms with van der Waals surface area (Å²) >= 11 is 7.57. The molecule has 0 unspecified atom stereocenters. The van der Waals surface area contributed by atoms with Gasteiger partial charge in [0.15, 0.2) is 5.13 Å². The van der Waals surface area contributed by atoms with Crippen LogP contribution in [0.3, 0.4) is 0 Å². The number of aromatic nitrogens is 1. The van der Waals surface area contributed by atoms with Gasteiger partial charge >= 0.3 is 0 Å². The summed E-state index contributed by atoms with van der Waals surface area (Å²) < 4.78 is 11.4. The molecule has 1 aromatic heterocycles. The molecule has 0 radical (unpaired) electrons. The fourth-order valence-electron chi connectivity index (χ4n) is 3.01. The van der Waals surface area contributed by atoms with E-state index in [2.05, 4.69) is 10.3 Å². The zero-order chi connectivity index (χ0) is 21.5. The van der Waals surface area contributed by atoms with Gasteiger partial charge in [0.05, 0.1) is 18.9 Å². The van der Waals surface area contributed by atoms with Crippen LogP contribution in [0.25, 0.3) is 11.3 Å². The molecule has 1 N–H and O–H groups in total. The van der Waals surface area contributed by atoms with Crippen molar-refractivity contribution in [3.63, 3.8) is 0 Å². The molecule has 0 atom stereocenters. The van der Waals surface area contributed by atoms with Gasteiger partial charge in [-0.1, -0.05) is 23.7 Å². The van der Waals surface area contributed by atoms with Crippen molar-refractivity contribution in [2.24, 2.45) is 0 Å². The summed E-state index contributed by atoms with van der Waals surface area (Å²) in [6.07, 6.45) is 0.966. The molecule has 3 aromatic rings. The molecule has 0 spiro atoms. The molecule has 158 valence electrons. The number of hydrogen-bond acceptors (Lipinski definition) is 5. The number of benzene rings is 2. The standard InChI is InChI=1S/C23H25ClN2O3S/c1-4-28-20-9-6-5-8-18(20)19-14-30-23(25-19)26-21(27)10-7-11-29-17-12-15(2)22(24)16(3)13-17/h5-6,8-9,12-14H,4,7,10-11H2,1-3H3,(H,25,26,27). The van der Waals surface area contributed by atoms with Crippen LogP contribution in [0.4, 0.5) is 5.13 Å². The van der Waals surface area contributed by atoms with Gasteiger partial charge in [0, 0.05) is 22.4 Å². The fraction of sp³-hybridized carbons (Fsp3) is 0.304. The third kappa shape index (κ3) is 5.74. The summed E-state index contributed by atoms with van der Waals surface area (Å²) in [4.78, 5) is 16.8. The summed E-state index contributed by atoms with van der Waals surface area (Å²) in [6, 6.07) is 11.6. The SMILES string of the molecule is CCOc1ccccc1-c1csc(NC(=O)CCCOc2cc(C)c(Cl)c(C)c2)n1. The Morgan fingerprint density at radius 2 is 1.90 bits per heavy atom. The van der Waals surface area contributed by atoms with Gasteiger partial charge in [-0.3, -0.25) is 4.79 Å². The Morgan fingerprint density at radius 3 is 2.63 bits per heavy atom. The van der Waals surface area contributed by atoms with E-state index in [1.165, 1.54) is 11.3 Å². The molecule has 0 bridgehead atoms. The third-order valence-electron chi connectivity index (χ3n) is 4.44. The molecule has 0 aliphatic rings. The topological polar surface area (TPSA) is 60.5 Å². The Hall–Kier alpha value is -2.57. The number of thiazole rings is 1. The second-order valence-corrected chi connectivity index (χ2v) is 8.07. The number of anilines is 1. The van der Waals surface area contributed by atoms with Crippen molar-refractivity contribution in [3.8, 4) is 22.8 Å². The second-order valence-electron chi connectivity index (χ2n) is 6.84. The summed E-state index contributed by atoms with van der Waals surface area (Å²) in [7, 11) is 0. The maximum atomic E-state index is 12.2. The van der Waals surface area contributed by atoms with Crippen LogP contribution in [0.5, 0.6) is 11.5 Å². The number of nitrogens with zero attached hydrogens (tertiary/aromatic N) is 1. The molecule has 1 heterocycles. The van der Waals surface area contributed by atoms with Gasteiger partial charge in [0.2, 0.25) is 5.91 Å². The highest BCUT2D eigenvalue weighted by molar-refractivity contribution is 7.14. The van der Waals surface area contributed by atoms with Gasteiger partial charge < -0.3 is 14.8 Å². The first-order chi connectivity index (χ1) is 14.5. The van der Waals surface area contributed by atoms with E-state index in [0.717, 1.165) is 38.9 Å². The Kier molecular flexibility index (Phi) is 7.71. The molecule has 30 heavy (non-hydrogen) atoms.